The van der Waals surface area contributed by atoms with Gasteiger partial charge in [0.2, 0.25) is 0 Å². The van der Waals surface area contributed by atoms with E-state index in [1.54, 1.807) is 6.07 Å². The molecule has 2 aromatic rings. The van der Waals surface area contributed by atoms with Crippen LogP contribution >= 0.6 is 0 Å². The number of carbonyl (C=O) groups is 1. The van der Waals surface area contributed by atoms with E-state index in [0.29, 0.717) is 17.7 Å². The zero-order valence-electron chi connectivity index (χ0n) is 12.2. The van der Waals surface area contributed by atoms with Gasteiger partial charge in [0.25, 0.3) is 0 Å². The predicted octanol–water partition coefficient (Wildman–Crippen LogP) is 3.33. The molecule has 0 amide bonds. The Labute approximate surface area is 124 Å². The molecule has 0 aromatic heterocycles. The Morgan fingerprint density at radius 1 is 1.24 bits per heavy atom. The van der Waals surface area contributed by atoms with Crippen molar-refractivity contribution >= 4 is 11.5 Å². The van der Waals surface area contributed by atoms with Crippen LogP contribution in [0.4, 0.5) is 5.69 Å². The molecule has 0 atom stereocenters. The maximum atomic E-state index is 12.2. The van der Waals surface area contributed by atoms with Crippen LogP contribution in [-0.2, 0) is 12.8 Å². The molecule has 0 spiro atoms. The van der Waals surface area contributed by atoms with Crippen molar-refractivity contribution in [3.63, 3.8) is 0 Å². The van der Waals surface area contributed by atoms with Gasteiger partial charge in [0.05, 0.1) is 6.61 Å². The summed E-state index contributed by atoms with van der Waals surface area (Å²) in [5.41, 5.74) is 10.7. The van der Waals surface area contributed by atoms with Crippen molar-refractivity contribution in [3.05, 3.63) is 58.7 Å². The molecule has 1 aliphatic rings. The number of ketones is 1. The number of Topliss-reactive ketones (excluding diaryl/α,β-unsaturated/α-hetero) is 1. The number of nitrogen functional groups attached to an aromatic ring is 1. The number of benzene rings is 2. The SMILES string of the molecule is Cc1ccc(C(=O)CCc2ccc3c(c2)CCO3)cc1N. The fraction of sp³-hybridized carbons (Fsp3) is 0.278. The van der Waals surface area contributed by atoms with Crippen LogP contribution in [0.1, 0.15) is 33.5 Å². The van der Waals surface area contributed by atoms with E-state index in [1.165, 1.54) is 11.1 Å². The number of hydrogen-bond acceptors (Lipinski definition) is 3. The highest BCUT2D eigenvalue weighted by Gasteiger charge is 2.13. The summed E-state index contributed by atoms with van der Waals surface area (Å²) < 4.78 is 5.49. The molecule has 1 heterocycles. The maximum Gasteiger partial charge on any atom is 0.163 e. The molecule has 0 fully saturated rings. The fourth-order valence-electron chi connectivity index (χ4n) is 2.61. The number of aryl methyl sites for hydroxylation is 2. The van der Waals surface area contributed by atoms with Gasteiger partial charge in [-0.1, -0.05) is 24.3 Å². The molecule has 2 aromatic carbocycles. The number of fused-ring (bicyclic) bond motifs is 1. The number of carbonyl (C=O) groups excluding carboxylic acids is 1. The number of rotatable bonds is 4. The molecule has 0 radical (unpaired) electrons. The van der Waals surface area contributed by atoms with Gasteiger partial charge in [-0.15, -0.1) is 0 Å². The normalized spacial score (nSPS) is 12.8. The molecule has 2 N–H and O–H groups in total. The summed E-state index contributed by atoms with van der Waals surface area (Å²) in [7, 11) is 0. The Hall–Kier alpha value is -2.29. The van der Waals surface area contributed by atoms with Crippen molar-refractivity contribution < 1.29 is 9.53 Å². The Morgan fingerprint density at radius 2 is 2.10 bits per heavy atom. The van der Waals surface area contributed by atoms with E-state index in [1.807, 2.05) is 31.2 Å². The van der Waals surface area contributed by atoms with Crippen LogP contribution in [-0.4, -0.2) is 12.4 Å². The summed E-state index contributed by atoms with van der Waals surface area (Å²) in [6.45, 7) is 2.70. The van der Waals surface area contributed by atoms with Crippen LogP contribution in [0, 0.1) is 6.92 Å². The lowest BCUT2D eigenvalue weighted by Gasteiger charge is -2.06. The average Bonchev–Trinajstić information content (AvgIpc) is 2.95. The summed E-state index contributed by atoms with van der Waals surface area (Å²) in [5.74, 6) is 1.12. The second kappa shape index (κ2) is 5.60. The molecule has 0 bridgehead atoms. The minimum Gasteiger partial charge on any atom is -0.493 e. The predicted molar refractivity (Wildman–Crippen MR) is 83.9 cm³/mol. The van der Waals surface area contributed by atoms with Crippen LogP contribution in [0.25, 0.3) is 0 Å². The standard InChI is InChI=1S/C18H19NO2/c1-12-2-5-14(11-16(12)19)17(20)6-3-13-4-7-18-15(10-13)8-9-21-18/h2,4-5,7,10-11H,3,6,8-9,19H2,1H3. The monoisotopic (exact) mass is 281 g/mol. The van der Waals surface area contributed by atoms with Crippen LogP contribution in [0.2, 0.25) is 0 Å². The fourth-order valence-corrected chi connectivity index (χ4v) is 2.61. The maximum absolute atomic E-state index is 12.2. The molecule has 3 rings (SSSR count). The van der Waals surface area contributed by atoms with Crippen molar-refractivity contribution in [1.82, 2.24) is 0 Å². The number of ether oxygens (including phenoxy) is 1. The van der Waals surface area contributed by atoms with Crippen molar-refractivity contribution in [1.29, 1.82) is 0 Å². The summed E-state index contributed by atoms with van der Waals surface area (Å²) in [6, 6.07) is 11.7. The summed E-state index contributed by atoms with van der Waals surface area (Å²) in [6.07, 6.45) is 2.22. The minimum atomic E-state index is 0.137. The van der Waals surface area contributed by atoms with Crippen molar-refractivity contribution in [3.8, 4) is 5.75 Å². The minimum absolute atomic E-state index is 0.137. The van der Waals surface area contributed by atoms with Gasteiger partial charge in [-0.2, -0.15) is 0 Å². The Morgan fingerprint density at radius 3 is 2.90 bits per heavy atom. The summed E-state index contributed by atoms with van der Waals surface area (Å²) in [4.78, 5) is 12.2. The third-order valence-corrected chi connectivity index (χ3v) is 4.00. The van der Waals surface area contributed by atoms with Crippen molar-refractivity contribution in [2.45, 2.75) is 26.2 Å². The Kier molecular flexibility index (Phi) is 3.65. The van der Waals surface area contributed by atoms with E-state index in [4.69, 9.17) is 10.5 Å². The first-order chi connectivity index (χ1) is 10.1. The van der Waals surface area contributed by atoms with Gasteiger partial charge >= 0.3 is 0 Å². The molecule has 21 heavy (non-hydrogen) atoms. The first kappa shape index (κ1) is 13.7. The third kappa shape index (κ3) is 2.92. The van der Waals surface area contributed by atoms with E-state index >= 15 is 0 Å². The molecule has 0 saturated carbocycles. The Bertz CT molecular complexity index is 692. The second-order valence-corrected chi connectivity index (χ2v) is 5.54. The lowest BCUT2D eigenvalue weighted by atomic mass is 9.99. The molecule has 1 aliphatic heterocycles. The van der Waals surface area contributed by atoms with E-state index in [0.717, 1.165) is 30.8 Å². The first-order valence-electron chi connectivity index (χ1n) is 7.27. The van der Waals surface area contributed by atoms with E-state index in [-0.39, 0.29) is 5.78 Å². The molecule has 0 unspecified atom stereocenters. The zero-order valence-corrected chi connectivity index (χ0v) is 12.2. The smallest absolute Gasteiger partial charge is 0.163 e. The first-order valence-corrected chi connectivity index (χ1v) is 7.27. The van der Waals surface area contributed by atoms with Crippen LogP contribution in [0.5, 0.6) is 5.75 Å². The van der Waals surface area contributed by atoms with Gasteiger partial charge in [0.1, 0.15) is 5.75 Å². The number of anilines is 1. The van der Waals surface area contributed by atoms with Crippen LogP contribution in [0.15, 0.2) is 36.4 Å². The lowest BCUT2D eigenvalue weighted by molar-refractivity contribution is 0.0983. The van der Waals surface area contributed by atoms with Gasteiger partial charge in [-0.05, 0) is 42.2 Å². The quantitative estimate of drug-likeness (QED) is 0.691. The van der Waals surface area contributed by atoms with Gasteiger partial charge in [-0.25, -0.2) is 0 Å². The highest BCUT2D eigenvalue weighted by molar-refractivity contribution is 5.97. The highest BCUT2D eigenvalue weighted by atomic mass is 16.5. The van der Waals surface area contributed by atoms with E-state index in [2.05, 4.69) is 6.07 Å². The molecule has 108 valence electrons. The highest BCUT2D eigenvalue weighted by Crippen LogP contribution is 2.26. The molecule has 3 heteroatoms. The van der Waals surface area contributed by atoms with Crippen LogP contribution < -0.4 is 10.5 Å². The zero-order chi connectivity index (χ0) is 14.8. The summed E-state index contributed by atoms with van der Waals surface area (Å²) in [5, 5.41) is 0. The number of hydrogen-bond donors (Lipinski definition) is 1. The third-order valence-electron chi connectivity index (χ3n) is 4.00. The van der Waals surface area contributed by atoms with Gasteiger partial charge < -0.3 is 10.5 Å². The lowest BCUT2D eigenvalue weighted by Crippen LogP contribution is -2.03. The van der Waals surface area contributed by atoms with Crippen LogP contribution in [0.3, 0.4) is 0 Å². The van der Waals surface area contributed by atoms with E-state index in [9.17, 15) is 4.79 Å². The average molecular weight is 281 g/mol. The van der Waals surface area contributed by atoms with Gasteiger partial charge in [-0.3, -0.25) is 4.79 Å². The molecular formula is C18H19NO2. The topological polar surface area (TPSA) is 52.3 Å². The largest absolute Gasteiger partial charge is 0.493 e. The second-order valence-electron chi connectivity index (χ2n) is 5.54. The molecular weight excluding hydrogens is 262 g/mol. The van der Waals surface area contributed by atoms with Crippen molar-refractivity contribution in [2.75, 3.05) is 12.3 Å². The molecule has 3 nitrogen and oxygen atoms in total. The number of nitrogens with two attached hydrogens (primary N) is 1. The summed E-state index contributed by atoms with van der Waals surface area (Å²) >= 11 is 0. The van der Waals surface area contributed by atoms with Gasteiger partial charge in [0, 0.05) is 24.1 Å². The molecule has 0 aliphatic carbocycles. The Balaban J connectivity index is 1.67. The van der Waals surface area contributed by atoms with E-state index < -0.39 is 0 Å². The molecule has 0 saturated heterocycles. The van der Waals surface area contributed by atoms with Crippen molar-refractivity contribution in [2.24, 2.45) is 0 Å². The van der Waals surface area contributed by atoms with Gasteiger partial charge in [0.15, 0.2) is 5.78 Å².